The maximum Gasteiger partial charge on any atom is 0.271 e. The van der Waals surface area contributed by atoms with Crippen molar-refractivity contribution >= 4 is 5.78 Å². The second-order valence-electron chi connectivity index (χ2n) is 7.05. The highest BCUT2D eigenvalue weighted by Gasteiger charge is 2.25. The predicted molar refractivity (Wildman–Crippen MR) is 93.5 cm³/mol. The van der Waals surface area contributed by atoms with Gasteiger partial charge in [-0.05, 0) is 37.3 Å². The lowest BCUT2D eigenvalue weighted by molar-refractivity contribution is 0.0971. The molecule has 3 nitrogen and oxygen atoms in total. The number of carbonyl (C=O) groups excluding carboxylic acids is 1. The first-order valence-electron chi connectivity index (χ1n) is 9.24. The molecule has 1 aromatic carbocycles. The summed E-state index contributed by atoms with van der Waals surface area (Å²) in [4.78, 5) is 12.4. The van der Waals surface area contributed by atoms with Crippen LogP contribution in [-0.4, -0.2) is 17.5 Å². The van der Waals surface area contributed by atoms with Gasteiger partial charge in [-0.3, -0.25) is 4.79 Å². The van der Waals surface area contributed by atoms with E-state index in [4.69, 9.17) is 4.74 Å². The van der Waals surface area contributed by atoms with E-state index in [0.29, 0.717) is 5.92 Å². The van der Waals surface area contributed by atoms with Crippen LogP contribution < -0.4 is 4.74 Å². The van der Waals surface area contributed by atoms with Crippen LogP contribution >= 0.6 is 0 Å². The van der Waals surface area contributed by atoms with Crippen LogP contribution in [0.15, 0.2) is 12.1 Å². The largest absolute Gasteiger partial charge is 0.507 e. The van der Waals surface area contributed by atoms with Crippen molar-refractivity contribution in [2.45, 2.75) is 65.2 Å². The molecule has 1 N–H and O–H groups in total. The third-order valence-electron chi connectivity index (χ3n) is 5.15. The Morgan fingerprint density at radius 1 is 1.28 bits per heavy atom. The molecule has 1 aliphatic rings. The van der Waals surface area contributed by atoms with Gasteiger partial charge in [0.15, 0.2) is 5.78 Å². The van der Waals surface area contributed by atoms with Gasteiger partial charge in [0.25, 0.3) is 6.43 Å². The molecule has 0 atom stereocenters. The smallest absolute Gasteiger partial charge is 0.271 e. The van der Waals surface area contributed by atoms with Crippen LogP contribution in [0.4, 0.5) is 8.78 Å². The Labute approximate surface area is 148 Å². The summed E-state index contributed by atoms with van der Waals surface area (Å²) >= 11 is 0. The van der Waals surface area contributed by atoms with Crippen molar-refractivity contribution in [1.29, 1.82) is 0 Å². The van der Waals surface area contributed by atoms with Gasteiger partial charge in [-0.25, -0.2) is 8.78 Å². The van der Waals surface area contributed by atoms with Gasteiger partial charge in [-0.2, -0.15) is 0 Å². The summed E-state index contributed by atoms with van der Waals surface area (Å²) in [5, 5.41) is 10.1. The lowest BCUT2D eigenvalue weighted by Gasteiger charge is -2.25. The minimum Gasteiger partial charge on any atom is -0.507 e. The third kappa shape index (κ3) is 5.16. The van der Waals surface area contributed by atoms with Crippen molar-refractivity contribution in [2.75, 3.05) is 6.61 Å². The van der Waals surface area contributed by atoms with Gasteiger partial charge in [0.1, 0.15) is 17.1 Å². The zero-order valence-electron chi connectivity index (χ0n) is 15.1. The van der Waals surface area contributed by atoms with Crippen molar-refractivity contribution in [3.8, 4) is 11.5 Å². The van der Waals surface area contributed by atoms with Gasteiger partial charge < -0.3 is 9.84 Å². The van der Waals surface area contributed by atoms with Gasteiger partial charge in [0.05, 0.1) is 12.2 Å². The van der Waals surface area contributed by atoms with E-state index in [9.17, 15) is 18.7 Å². The molecular formula is C20H28F2O3. The number of ketones is 1. The molecule has 0 radical (unpaired) electrons. The van der Waals surface area contributed by atoms with Gasteiger partial charge in [0.2, 0.25) is 0 Å². The number of halogens is 2. The Hall–Kier alpha value is -1.65. The van der Waals surface area contributed by atoms with Crippen LogP contribution in [0.2, 0.25) is 0 Å². The molecule has 140 valence electrons. The first kappa shape index (κ1) is 19.7. The molecule has 25 heavy (non-hydrogen) atoms. The minimum atomic E-state index is -2.89. The van der Waals surface area contributed by atoms with E-state index in [0.717, 1.165) is 18.8 Å². The zero-order valence-corrected chi connectivity index (χ0v) is 15.1. The van der Waals surface area contributed by atoms with E-state index < -0.39 is 17.7 Å². The molecule has 1 aliphatic carbocycles. The summed E-state index contributed by atoms with van der Waals surface area (Å²) in [6.45, 7) is 4.17. The Balaban J connectivity index is 1.98. The van der Waals surface area contributed by atoms with Gasteiger partial charge in [-0.15, -0.1) is 0 Å². The number of phenolic OH excluding ortho intramolecular Hbond substituents is 1. The standard InChI is InChI=1S/C20H28F2O3/c1-3-25-17-12-11-15(19(24)18(17)20(21)22)16(23)6-4-5-14-9-7-13(2)8-10-14/h11-14,20,24H,3-10H2,1-2H3. The summed E-state index contributed by atoms with van der Waals surface area (Å²) in [5.74, 6) is 0.466. The van der Waals surface area contributed by atoms with Crippen molar-refractivity contribution < 1.29 is 23.4 Å². The monoisotopic (exact) mass is 354 g/mol. The average Bonchev–Trinajstić information content (AvgIpc) is 2.56. The van der Waals surface area contributed by atoms with Crippen LogP contribution in [0.5, 0.6) is 11.5 Å². The Morgan fingerprint density at radius 2 is 1.96 bits per heavy atom. The number of hydrogen-bond acceptors (Lipinski definition) is 3. The summed E-state index contributed by atoms with van der Waals surface area (Å²) in [5.41, 5.74) is -0.620. The molecule has 0 aromatic heterocycles. The van der Waals surface area contributed by atoms with Crippen LogP contribution in [-0.2, 0) is 0 Å². The summed E-state index contributed by atoms with van der Waals surface area (Å²) in [6.07, 6.45) is 4.01. The molecule has 1 aromatic rings. The maximum atomic E-state index is 13.2. The predicted octanol–water partition coefficient (Wildman–Crippen LogP) is 5.91. The van der Waals surface area contributed by atoms with Crippen molar-refractivity contribution in [3.63, 3.8) is 0 Å². The first-order chi connectivity index (χ1) is 11.9. The molecule has 0 saturated heterocycles. The number of phenols is 1. The number of benzene rings is 1. The summed E-state index contributed by atoms with van der Waals surface area (Å²) in [7, 11) is 0. The normalized spacial score (nSPS) is 20.7. The molecule has 0 amide bonds. The fourth-order valence-electron chi connectivity index (χ4n) is 3.61. The lowest BCUT2D eigenvalue weighted by atomic mass is 9.80. The number of hydrogen-bond donors (Lipinski definition) is 1. The summed E-state index contributed by atoms with van der Waals surface area (Å²) in [6, 6.07) is 2.73. The van der Waals surface area contributed by atoms with Crippen molar-refractivity contribution in [1.82, 2.24) is 0 Å². The Morgan fingerprint density at radius 3 is 2.56 bits per heavy atom. The highest BCUT2D eigenvalue weighted by Crippen LogP contribution is 2.39. The third-order valence-corrected chi connectivity index (χ3v) is 5.15. The number of alkyl halides is 2. The Kier molecular flexibility index (Phi) is 7.21. The quantitative estimate of drug-likeness (QED) is 0.591. The molecule has 1 fully saturated rings. The van der Waals surface area contributed by atoms with E-state index in [2.05, 4.69) is 6.92 Å². The van der Waals surface area contributed by atoms with E-state index in [1.165, 1.54) is 37.8 Å². The van der Waals surface area contributed by atoms with Crippen LogP contribution in [0.3, 0.4) is 0 Å². The molecule has 5 heteroatoms. The topological polar surface area (TPSA) is 46.5 Å². The average molecular weight is 354 g/mol. The van der Waals surface area contributed by atoms with Crippen LogP contribution in [0.1, 0.15) is 81.1 Å². The number of carbonyl (C=O) groups is 1. The fraction of sp³-hybridized carbons (Fsp3) is 0.650. The second-order valence-corrected chi connectivity index (χ2v) is 7.05. The number of rotatable bonds is 8. The van der Waals surface area contributed by atoms with Crippen LogP contribution in [0, 0.1) is 11.8 Å². The van der Waals surface area contributed by atoms with Crippen molar-refractivity contribution in [3.05, 3.63) is 23.3 Å². The molecule has 1 saturated carbocycles. The summed E-state index contributed by atoms with van der Waals surface area (Å²) < 4.78 is 31.6. The van der Waals surface area contributed by atoms with Gasteiger partial charge >= 0.3 is 0 Å². The molecule has 0 aliphatic heterocycles. The fourth-order valence-corrected chi connectivity index (χ4v) is 3.61. The molecule has 0 bridgehead atoms. The zero-order chi connectivity index (χ0) is 18.4. The molecule has 0 unspecified atom stereocenters. The SMILES string of the molecule is CCOc1ccc(C(=O)CCCC2CCC(C)CC2)c(O)c1C(F)F. The molecule has 0 spiro atoms. The van der Waals surface area contributed by atoms with E-state index in [1.54, 1.807) is 6.92 Å². The highest BCUT2D eigenvalue weighted by atomic mass is 19.3. The molecule has 2 rings (SSSR count). The highest BCUT2D eigenvalue weighted by molar-refractivity contribution is 5.99. The van der Waals surface area contributed by atoms with Gasteiger partial charge in [-0.1, -0.05) is 39.0 Å². The number of aromatic hydroxyl groups is 1. The van der Waals surface area contributed by atoms with Crippen molar-refractivity contribution in [2.24, 2.45) is 11.8 Å². The van der Waals surface area contributed by atoms with E-state index in [-0.39, 0.29) is 30.1 Å². The number of Topliss-reactive ketones (excluding diaryl/α,β-unsaturated/α-hetero) is 1. The Bertz CT molecular complexity index is 579. The number of ether oxygens (including phenoxy) is 1. The molecule has 0 heterocycles. The minimum absolute atomic E-state index is 0.0315. The molecular weight excluding hydrogens is 326 g/mol. The second kappa shape index (κ2) is 9.16. The van der Waals surface area contributed by atoms with Gasteiger partial charge in [0, 0.05) is 6.42 Å². The van der Waals surface area contributed by atoms with E-state index in [1.807, 2.05) is 0 Å². The van der Waals surface area contributed by atoms with E-state index >= 15 is 0 Å². The lowest BCUT2D eigenvalue weighted by Crippen LogP contribution is -2.12. The first-order valence-corrected chi connectivity index (χ1v) is 9.24. The van der Waals surface area contributed by atoms with Crippen LogP contribution in [0.25, 0.3) is 0 Å². The maximum absolute atomic E-state index is 13.2.